The van der Waals surface area contributed by atoms with Gasteiger partial charge >= 0.3 is 12.1 Å². The van der Waals surface area contributed by atoms with Crippen molar-refractivity contribution in [3.63, 3.8) is 0 Å². The maximum Gasteiger partial charge on any atom is 0.417 e. The number of halogens is 4. The second-order valence-electron chi connectivity index (χ2n) is 2.89. The van der Waals surface area contributed by atoms with Crippen molar-refractivity contribution in [3.8, 4) is 0 Å². The first-order valence-electron chi connectivity index (χ1n) is 4.40. The SMILES string of the molecule is CCOC(=O)c1cccc(C(F)(F)F)c1Br. The average Bonchev–Trinajstić information content (AvgIpc) is 2.16. The van der Waals surface area contributed by atoms with E-state index < -0.39 is 17.7 Å². The van der Waals surface area contributed by atoms with E-state index in [1.807, 2.05) is 0 Å². The highest BCUT2D eigenvalue weighted by Gasteiger charge is 2.34. The van der Waals surface area contributed by atoms with Gasteiger partial charge in [0.15, 0.2) is 0 Å². The number of alkyl halides is 3. The summed E-state index contributed by atoms with van der Waals surface area (Å²) in [4.78, 5) is 11.3. The van der Waals surface area contributed by atoms with Gasteiger partial charge in [0.2, 0.25) is 0 Å². The molecule has 0 bridgehead atoms. The normalized spacial score (nSPS) is 11.3. The van der Waals surface area contributed by atoms with Crippen LogP contribution < -0.4 is 0 Å². The Labute approximate surface area is 98.5 Å². The minimum atomic E-state index is -4.50. The van der Waals surface area contributed by atoms with Gasteiger partial charge in [0.25, 0.3) is 0 Å². The van der Waals surface area contributed by atoms with Gasteiger partial charge in [0, 0.05) is 4.47 Å². The third kappa shape index (κ3) is 2.75. The quantitative estimate of drug-likeness (QED) is 0.779. The molecule has 0 atom stereocenters. The Hall–Kier alpha value is -1.04. The van der Waals surface area contributed by atoms with Crippen LogP contribution in [0.15, 0.2) is 22.7 Å². The van der Waals surface area contributed by atoms with E-state index >= 15 is 0 Å². The van der Waals surface area contributed by atoms with Crippen LogP contribution in [0.25, 0.3) is 0 Å². The summed E-state index contributed by atoms with van der Waals surface area (Å²) in [6.45, 7) is 1.70. The predicted molar refractivity (Wildman–Crippen MR) is 55.1 cm³/mol. The minimum absolute atomic E-state index is 0.113. The van der Waals surface area contributed by atoms with Crippen molar-refractivity contribution < 1.29 is 22.7 Å². The second-order valence-corrected chi connectivity index (χ2v) is 3.68. The summed E-state index contributed by atoms with van der Waals surface area (Å²) < 4.78 is 41.8. The van der Waals surface area contributed by atoms with Crippen LogP contribution in [0.1, 0.15) is 22.8 Å². The smallest absolute Gasteiger partial charge is 0.417 e. The Balaban J connectivity index is 3.19. The van der Waals surface area contributed by atoms with Gasteiger partial charge in [0.1, 0.15) is 0 Å². The topological polar surface area (TPSA) is 26.3 Å². The van der Waals surface area contributed by atoms with E-state index in [9.17, 15) is 18.0 Å². The Morgan fingerprint density at radius 2 is 2.06 bits per heavy atom. The van der Waals surface area contributed by atoms with Gasteiger partial charge in [-0.15, -0.1) is 0 Å². The molecule has 1 aromatic carbocycles. The molecule has 0 aromatic heterocycles. The van der Waals surface area contributed by atoms with Gasteiger partial charge in [-0.2, -0.15) is 13.2 Å². The van der Waals surface area contributed by atoms with Crippen LogP contribution in [-0.4, -0.2) is 12.6 Å². The maximum absolute atomic E-state index is 12.5. The first-order valence-corrected chi connectivity index (χ1v) is 5.20. The molecule has 0 aliphatic carbocycles. The number of carbonyl (C=O) groups is 1. The van der Waals surface area contributed by atoms with E-state index in [1.54, 1.807) is 6.92 Å². The maximum atomic E-state index is 12.5. The molecular formula is C10H8BrF3O2. The summed E-state index contributed by atoms with van der Waals surface area (Å²) in [7, 11) is 0. The molecule has 0 amide bonds. The van der Waals surface area contributed by atoms with Crippen LogP contribution in [0.4, 0.5) is 13.2 Å². The molecule has 1 rings (SSSR count). The highest BCUT2D eigenvalue weighted by molar-refractivity contribution is 9.10. The van der Waals surface area contributed by atoms with Gasteiger partial charge in [-0.3, -0.25) is 0 Å². The van der Waals surface area contributed by atoms with Crippen molar-refractivity contribution in [2.24, 2.45) is 0 Å². The molecular weight excluding hydrogens is 289 g/mol. The number of benzene rings is 1. The lowest BCUT2D eigenvalue weighted by molar-refractivity contribution is -0.138. The molecule has 6 heteroatoms. The summed E-state index contributed by atoms with van der Waals surface area (Å²) >= 11 is 2.77. The zero-order valence-electron chi connectivity index (χ0n) is 8.27. The first-order chi connectivity index (χ1) is 7.38. The van der Waals surface area contributed by atoms with Crippen molar-refractivity contribution in [2.45, 2.75) is 13.1 Å². The van der Waals surface area contributed by atoms with Crippen LogP contribution in [0.5, 0.6) is 0 Å². The second kappa shape index (κ2) is 4.86. The molecule has 0 fully saturated rings. The van der Waals surface area contributed by atoms with Crippen molar-refractivity contribution in [1.82, 2.24) is 0 Å². The Morgan fingerprint density at radius 1 is 1.44 bits per heavy atom. The van der Waals surface area contributed by atoms with Crippen LogP contribution in [-0.2, 0) is 10.9 Å². The highest BCUT2D eigenvalue weighted by Crippen LogP contribution is 2.36. The standard InChI is InChI=1S/C10H8BrF3O2/c1-2-16-9(15)6-4-3-5-7(8(6)11)10(12,13)14/h3-5H,2H2,1H3. The van der Waals surface area contributed by atoms with Gasteiger partial charge in [-0.25, -0.2) is 4.79 Å². The molecule has 1 aromatic rings. The lowest BCUT2D eigenvalue weighted by Crippen LogP contribution is -2.11. The predicted octanol–water partition coefficient (Wildman–Crippen LogP) is 3.64. The summed E-state index contributed by atoms with van der Waals surface area (Å²) in [5, 5.41) is 0. The molecule has 0 aliphatic rings. The highest BCUT2D eigenvalue weighted by atomic mass is 79.9. The number of esters is 1. The Bertz CT molecular complexity index is 402. The Morgan fingerprint density at radius 3 is 2.56 bits per heavy atom. The average molecular weight is 297 g/mol. The molecule has 0 N–H and O–H groups in total. The molecule has 0 heterocycles. The molecule has 0 unspecified atom stereocenters. The van der Waals surface area contributed by atoms with Crippen molar-refractivity contribution >= 4 is 21.9 Å². The molecule has 0 aliphatic heterocycles. The van der Waals surface area contributed by atoms with E-state index in [0.717, 1.165) is 6.07 Å². The third-order valence-corrected chi connectivity index (χ3v) is 2.65. The molecule has 0 saturated heterocycles. The lowest BCUT2D eigenvalue weighted by Gasteiger charge is -2.11. The third-order valence-electron chi connectivity index (χ3n) is 1.80. The van der Waals surface area contributed by atoms with Crippen LogP contribution in [0.2, 0.25) is 0 Å². The van der Waals surface area contributed by atoms with E-state index in [-0.39, 0.29) is 16.6 Å². The van der Waals surface area contributed by atoms with Crippen molar-refractivity contribution in [2.75, 3.05) is 6.61 Å². The number of ether oxygens (including phenoxy) is 1. The largest absolute Gasteiger partial charge is 0.462 e. The molecule has 0 saturated carbocycles. The summed E-state index contributed by atoms with van der Waals surface area (Å²) in [6.07, 6.45) is -4.50. The van der Waals surface area contributed by atoms with Crippen molar-refractivity contribution in [3.05, 3.63) is 33.8 Å². The van der Waals surface area contributed by atoms with Crippen LogP contribution in [0.3, 0.4) is 0 Å². The van der Waals surface area contributed by atoms with Gasteiger partial charge < -0.3 is 4.74 Å². The number of hydrogen-bond donors (Lipinski definition) is 0. The fourth-order valence-electron chi connectivity index (χ4n) is 1.12. The van der Waals surface area contributed by atoms with E-state index in [4.69, 9.17) is 0 Å². The van der Waals surface area contributed by atoms with E-state index in [0.29, 0.717) is 0 Å². The zero-order chi connectivity index (χ0) is 12.3. The van der Waals surface area contributed by atoms with Gasteiger partial charge in [-0.1, -0.05) is 6.07 Å². The van der Waals surface area contributed by atoms with Gasteiger partial charge in [-0.05, 0) is 35.0 Å². The molecule has 2 nitrogen and oxygen atoms in total. The number of hydrogen-bond acceptors (Lipinski definition) is 2. The van der Waals surface area contributed by atoms with Crippen molar-refractivity contribution in [1.29, 1.82) is 0 Å². The van der Waals surface area contributed by atoms with Gasteiger partial charge in [0.05, 0.1) is 17.7 Å². The number of rotatable bonds is 2. The Kier molecular flexibility index (Phi) is 3.96. The van der Waals surface area contributed by atoms with Crippen LogP contribution >= 0.6 is 15.9 Å². The summed E-state index contributed by atoms with van der Waals surface area (Å²) in [6, 6.07) is 3.34. The minimum Gasteiger partial charge on any atom is -0.462 e. The van der Waals surface area contributed by atoms with E-state index in [2.05, 4.69) is 20.7 Å². The fourth-order valence-corrected chi connectivity index (χ4v) is 1.77. The van der Waals surface area contributed by atoms with Crippen LogP contribution in [0, 0.1) is 0 Å². The molecule has 16 heavy (non-hydrogen) atoms. The lowest BCUT2D eigenvalue weighted by atomic mass is 10.1. The summed E-state index contributed by atoms with van der Waals surface area (Å²) in [5.41, 5.74) is -1.02. The molecule has 88 valence electrons. The number of carbonyl (C=O) groups excluding carboxylic acids is 1. The molecule has 0 spiro atoms. The van der Waals surface area contributed by atoms with E-state index in [1.165, 1.54) is 12.1 Å². The molecule has 0 radical (unpaired) electrons. The monoisotopic (exact) mass is 296 g/mol. The summed E-state index contributed by atoms with van der Waals surface area (Å²) in [5.74, 6) is -0.777. The zero-order valence-corrected chi connectivity index (χ0v) is 9.85. The fraction of sp³-hybridized carbons (Fsp3) is 0.300. The first kappa shape index (κ1) is 13.0.